The van der Waals surface area contributed by atoms with Crippen LogP contribution in [-0.2, 0) is 4.79 Å². The minimum atomic E-state index is -0.586. The maximum Gasteiger partial charge on any atom is 0.248 e. The van der Waals surface area contributed by atoms with Gasteiger partial charge in [-0.05, 0) is 48.9 Å². The number of anilines is 1. The summed E-state index contributed by atoms with van der Waals surface area (Å²) in [6, 6.07) is 11.7. The molecule has 28 heavy (non-hydrogen) atoms. The summed E-state index contributed by atoms with van der Waals surface area (Å²) in [4.78, 5) is 16.8. The number of allylic oxidation sites excluding steroid dienone is 1. The minimum Gasteiger partial charge on any atom is -0.366 e. The normalized spacial score (nSPS) is 15.9. The van der Waals surface area contributed by atoms with Crippen LogP contribution in [-0.4, -0.2) is 20.7 Å². The summed E-state index contributed by atoms with van der Waals surface area (Å²) in [6.45, 7) is 1.77. The summed E-state index contributed by atoms with van der Waals surface area (Å²) in [5.41, 5.74) is 8.16. The molecule has 1 amide bonds. The molecule has 0 saturated heterocycles. The van der Waals surface area contributed by atoms with Crippen LogP contribution in [0.2, 0.25) is 15.1 Å². The predicted molar refractivity (Wildman–Crippen MR) is 111 cm³/mol. The number of rotatable bonds is 3. The maximum atomic E-state index is 12.2. The average molecular weight is 435 g/mol. The van der Waals surface area contributed by atoms with Gasteiger partial charge in [0.25, 0.3) is 0 Å². The van der Waals surface area contributed by atoms with Gasteiger partial charge in [0.05, 0.1) is 15.6 Å². The summed E-state index contributed by atoms with van der Waals surface area (Å²) < 4.78 is 1.62. The number of nitrogens with zero attached hydrogens (tertiary/aromatic N) is 3. The van der Waals surface area contributed by atoms with Crippen molar-refractivity contribution in [3.05, 3.63) is 74.4 Å². The molecule has 0 spiro atoms. The van der Waals surface area contributed by atoms with Crippen LogP contribution in [0.15, 0.2) is 53.7 Å². The number of carbonyl (C=O) groups is 1. The first-order chi connectivity index (χ1) is 13.3. The number of hydrogen-bond donors (Lipinski definition) is 2. The van der Waals surface area contributed by atoms with Crippen molar-refractivity contribution in [2.75, 3.05) is 5.32 Å². The van der Waals surface area contributed by atoms with Gasteiger partial charge in [-0.1, -0.05) is 40.9 Å². The summed E-state index contributed by atoms with van der Waals surface area (Å²) in [6.07, 6.45) is 0. The molecule has 0 saturated carbocycles. The van der Waals surface area contributed by atoms with Crippen LogP contribution in [0, 0.1) is 0 Å². The molecule has 0 radical (unpaired) electrons. The van der Waals surface area contributed by atoms with E-state index in [0.717, 1.165) is 11.1 Å². The van der Waals surface area contributed by atoms with Crippen LogP contribution >= 0.6 is 34.8 Å². The fraction of sp³-hybridized carbons (Fsp3) is 0.105. The van der Waals surface area contributed by atoms with E-state index in [4.69, 9.17) is 40.5 Å². The van der Waals surface area contributed by atoms with Crippen molar-refractivity contribution in [1.82, 2.24) is 14.8 Å². The fourth-order valence-electron chi connectivity index (χ4n) is 3.18. The Morgan fingerprint density at radius 2 is 1.82 bits per heavy atom. The Labute approximate surface area is 175 Å². The zero-order valence-corrected chi connectivity index (χ0v) is 16.8. The van der Waals surface area contributed by atoms with Crippen LogP contribution in [0.5, 0.6) is 0 Å². The van der Waals surface area contributed by atoms with E-state index >= 15 is 0 Å². The third-order valence-electron chi connectivity index (χ3n) is 4.48. The fourth-order valence-corrected chi connectivity index (χ4v) is 3.61. The molecule has 0 fully saturated rings. The molecule has 1 unspecified atom stereocenters. The van der Waals surface area contributed by atoms with Gasteiger partial charge >= 0.3 is 0 Å². The number of benzene rings is 2. The lowest BCUT2D eigenvalue weighted by atomic mass is 9.95. The molecule has 0 aliphatic carbocycles. The third-order valence-corrected chi connectivity index (χ3v) is 5.47. The monoisotopic (exact) mass is 433 g/mol. The molecule has 3 aromatic rings. The molecule has 2 aromatic carbocycles. The van der Waals surface area contributed by atoms with E-state index in [0.29, 0.717) is 38.1 Å². The van der Waals surface area contributed by atoms with Crippen molar-refractivity contribution < 1.29 is 4.79 Å². The predicted octanol–water partition coefficient (Wildman–Crippen LogP) is 4.68. The number of amides is 1. The van der Waals surface area contributed by atoms with Crippen molar-refractivity contribution in [3.63, 3.8) is 0 Å². The van der Waals surface area contributed by atoms with Crippen molar-refractivity contribution in [2.45, 2.75) is 13.0 Å². The lowest BCUT2D eigenvalue weighted by Crippen LogP contribution is -2.31. The lowest BCUT2D eigenvalue weighted by Gasteiger charge is -2.27. The Kier molecular flexibility index (Phi) is 4.79. The summed E-state index contributed by atoms with van der Waals surface area (Å²) in [5.74, 6) is 0.418. The molecule has 1 atom stereocenters. The van der Waals surface area contributed by atoms with Gasteiger partial charge in [0.1, 0.15) is 6.04 Å². The summed E-state index contributed by atoms with van der Waals surface area (Å²) in [5, 5.41) is 9.12. The van der Waals surface area contributed by atoms with Crippen LogP contribution in [0.3, 0.4) is 0 Å². The van der Waals surface area contributed by atoms with Gasteiger partial charge in [0, 0.05) is 16.3 Å². The van der Waals surface area contributed by atoms with Gasteiger partial charge in [-0.25, -0.2) is 4.68 Å². The summed E-state index contributed by atoms with van der Waals surface area (Å²) >= 11 is 18.2. The summed E-state index contributed by atoms with van der Waals surface area (Å²) in [7, 11) is 0. The van der Waals surface area contributed by atoms with Crippen LogP contribution in [0.25, 0.3) is 11.4 Å². The zero-order chi connectivity index (χ0) is 20.0. The van der Waals surface area contributed by atoms with Crippen molar-refractivity contribution in [3.8, 4) is 11.4 Å². The second-order valence-electron chi connectivity index (χ2n) is 6.31. The van der Waals surface area contributed by atoms with E-state index in [-0.39, 0.29) is 0 Å². The third kappa shape index (κ3) is 3.24. The van der Waals surface area contributed by atoms with Crippen molar-refractivity contribution >= 4 is 46.7 Å². The highest BCUT2D eigenvalue weighted by Crippen LogP contribution is 2.38. The van der Waals surface area contributed by atoms with Crippen molar-refractivity contribution in [1.29, 1.82) is 0 Å². The molecule has 1 aromatic heterocycles. The quantitative estimate of drug-likeness (QED) is 0.627. The van der Waals surface area contributed by atoms with Gasteiger partial charge in [-0.3, -0.25) is 4.79 Å². The molecule has 142 valence electrons. The maximum absolute atomic E-state index is 12.2. The van der Waals surface area contributed by atoms with Gasteiger partial charge in [0.15, 0.2) is 5.82 Å². The molecular formula is C19H14Cl3N5O. The van der Waals surface area contributed by atoms with Crippen LogP contribution in [0.4, 0.5) is 5.95 Å². The number of nitrogens with one attached hydrogen (secondary N) is 1. The first kappa shape index (κ1) is 18.8. The number of halogens is 3. The number of aromatic nitrogens is 3. The Bertz CT molecular complexity index is 1120. The van der Waals surface area contributed by atoms with E-state index < -0.39 is 11.9 Å². The molecule has 9 heteroatoms. The van der Waals surface area contributed by atoms with Gasteiger partial charge in [-0.2, -0.15) is 4.98 Å². The van der Waals surface area contributed by atoms with E-state index in [1.54, 1.807) is 41.9 Å². The Morgan fingerprint density at radius 3 is 2.46 bits per heavy atom. The Morgan fingerprint density at radius 1 is 1.11 bits per heavy atom. The molecule has 2 heterocycles. The number of primary amides is 1. The zero-order valence-electron chi connectivity index (χ0n) is 14.6. The molecular weight excluding hydrogens is 421 g/mol. The highest BCUT2D eigenvalue weighted by Gasteiger charge is 2.33. The van der Waals surface area contributed by atoms with Crippen molar-refractivity contribution in [2.24, 2.45) is 5.73 Å². The van der Waals surface area contributed by atoms with Gasteiger partial charge in [-0.15, -0.1) is 5.10 Å². The standard InChI is InChI=1S/C19H14Cl3N5O/c1-9-15(17(23)28)16(11-4-7-13(21)14(22)8-11)27-19(24-9)25-18(26-27)10-2-5-12(20)6-3-10/h2-8,16H,1H3,(H2,23,28)(H,24,25,26). The molecule has 3 N–H and O–H groups in total. The number of fused-ring (bicyclic) bond motifs is 1. The first-order valence-electron chi connectivity index (χ1n) is 8.30. The lowest BCUT2D eigenvalue weighted by molar-refractivity contribution is -0.115. The smallest absolute Gasteiger partial charge is 0.248 e. The molecule has 1 aliphatic rings. The second kappa shape index (κ2) is 7.13. The van der Waals surface area contributed by atoms with E-state index in [9.17, 15) is 4.79 Å². The Hall–Kier alpha value is -2.54. The largest absolute Gasteiger partial charge is 0.366 e. The average Bonchev–Trinajstić information content (AvgIpc) is 3.06. The Balaban J connectivity index is 1.88. The number of carbonyl (C=O) groups excluding carboxylic acids is 1. The van der Waals surface area contributed by atoms with E-state index in [1.807, 2.05) is 12.1 Å². The first-order valence-corrected chi connectivity index (χ1v) is 9.43. The number of nitrogens with two attached hydrogens (primary N) is 1. The highest BCUT2D eigenvalue weighted by atomic mass is 35.5. The van der Waals surface area contributed by atoms with Gasteiger partial charge in [0.2, 0.25) is 11.9 Å². The highest BCUT2D eigenvalue weighted by molar-refractivity contribution is 6.42. The van der Waals surface area contributed by atoms with Crippen LogP contribution in [0.1, 0.15) is 18.5 Å². The SMILES string of the molecule is CC1=C(C(N)=O)C(c2ccc(Cl)c(Cl)c2)n2nc(-c3ccc(Cl)cc3)nc2N1. The minimum absolute atomic E-state index is 0.374. The van der Waals surface area contributed by atoms with Gasteiger partial charge < -0.3 is 11.1 Å². The topological polar surface area (TPSA) is 85.8 Å². The molecule has 1 aliphatic heterocycles. The van der Waals surface area contributed by atoms with E-state index in [1.165, 1.54) is 0 Å². The van der Waals surface area contributed by atoms with Crippen LogP contribution < -0.4 is 11.1 Å². The molecule has 0 bridgehead atoms. The number of hydrogen-bond acceptors (Lipinski definition) is 4. The molecule has 4 rings (SSSR count). The second-order valence-corrected chi connectivity index (χ2v) is 7.57. The molecule has 6 nitrogen and oxygen atoms in total. The van der Waals surface area contributed by atoms with E-state index in [2.05, 4.69) is 15.4 Å².